The molecule has 1 aromatic heterocycles. The third-order valence-electron chi connectivity index (χ3n) is 4.07. The summed E-state index contributed by atoms with van der Waals surface area (Å²) in [5, 5.41) is 7.86. The number of carbonyl (C=O) groups excluding carboxylic acids is 1. The normalized spacial score (nSPS) is 10.5. The van der Waals surface area contributed by atoms with Crippen LogP contribution >= 0.6 is 27.7 Å². The number of thioether (sulfide) groups is 1. The van der Waals surface area contributed by atoms with Gasteiger partial charge in [0, 0.05) is 16.1 Å². The van der Waals surface area contributed by atoms with Gasteiger partial charge in [0.2, 0.25) is 11.1 Å². The zero-order valence-corrected chi connectivity index (χ0v) is 19.0. The van der Waals surface area contributed by atoms with Crippen LogP contribution in [-0.4, -0.2) is 40.6 Å². The molecule has 0 aliphatic rings. The number of amides is 1. The van der Waals surface area contributed by atoms with Gasteiger partial charge in [-0.3, -0.25) is 4.79 Å². The highest BCUT2D eigenvalue weighted by molar-refractivity contribution is 9.10. The quantitative estimate of drug-likeness (QED) is 0.349. The third kappa shape index (κ3) is 5.43. The van der Waals surface area contributed by atoms with Crippen molar-refractivity contribution in [2.24, 2.45) is 0 Å². The number of methoxy groups -OCH3 is 2. The molecule has 0 aliphatic carbocycles. The Hall–Kier alpha value is -2.78. The number of nitrogens with one attached hydrogen (secondary N) is 1. The second-order valence-corrected chi connectivity index (χ2v) is 7.96. The molecule has 0 aliphatic heterocycles. The molecule has 0 atom stereocenters. The molecule has 0 saturated heterocycles. The van der Waals surface area contributed by atoms with E-state index in [-0.39, 0.29) is 11.7 Å². The third-order valence-corrected chi connectivity index (χ3v) is 5.44. The van der Waals surface area contributed by atoms with Crippen molar-refractivity contribution in [3.05, 3.63) is 59.6 Å². The van der Waals surface area contributed by atoms with E-state index in [9.17, 15) is 4.79 Å². The van der Waals surface area contributed by atoms with Gasteiger partial charge in [0.1, 0.15) is 11.5 Å². The van der Waals surface area contributed by atoms with Gasteiger partial charge < -0.3 is 14.8 Å². The molecular formula is C21H21BrN4O3S. The molecule has 0 saturated carbocycles. The predicted octanol–water partition coefficient (Wildman–Crippen LogP) is 4.64. The van der Waals surface area contributed by atoms with E-state index in [0.717, 1.165) is 15.9 Å². The summed E-state index contributed by atoms with van der Waals surface area (Å²) in [7, 11) is 3.11. The van der Waals surface area contributed by atoms with E-state index in [4.69, 9.17) is 9.47 Å². The van der Waals surface area contributed by atoms with Crippen LogP contribution in [0.25, 0.3) is 11.4 Å². The Labute approximate surface area is 187 Å². The fraction of sp³-hybridized carbons (Fsp3) is 0.190. The lowest BCUT2D eigenvalue weighted by molar-refractivity contribution is -0.113. The van der Waals surface area contributed by atoms with Crippen molar-refractivity contribution in [1.29, 1.82) is 0 Å². The summed E-state index contributed by atoms with van der Waals surface area (Å²) in [6.45, 7) is 4.30. The summed E-state index contributed by atoms with van der Waals surface area (Å²) >= 11 is 4.69. The molecule has 1 heterocycles. The van der Waals surface area contributed by atoms with Crippen molar-refractivity contribution in [1.82, 2.24) is 14.8 Å². The summed E-state index contributed by atoms with van der Waals surface area (Å²) in [5.41, 5.74) is 1.48. The Kier molecular flexibility index (Phi) is 7.53. The molecule has 156 valence electrons. The zero-order valence-electron chi connectivity index (χ0n) is 16.6. The van der Waals surface area contributed by atoms with E-state index in [1.807, 2.05) is 24.3 Å². The fourth-order valence-electron chi connectivity index (χ4n) is 2.67. The maximum absolute atomic E-state index is 12.5. The van der Waals surface area contributed by atoms with Crippen molar-refractivity contribution in [2.45, 2.75) is 11.7 Å². The first-order valence-electron chi connectivity index (χ1n) is 9.00. The van der Waals surface area contributed by atoms with E-state index in [1.54, 1.807) is 43.2 Å². The van der Waals surface area contributed by atoms with Crippen LogP contribution in [0, 0.1) is 0 Å². The highest BCUT2D eigenvalue weighted by atomic mass is 79.9. The van der Waals surface area contributed by atoms with Gasteiger partial charge in [0.25, 0.3) is 0 Å². The largest absolute Gasteiger partial charge is 0.497 e. The minimum Gasteiger partial charge on any atom is -0.497 e. The van der Waals surface area contributed by atoms with Gasteiger partial charge in [-0.05, 0) is 24.3 Å². The van der Waals surface area contributed by atoms with Gasteiger partial charge in [-0.1, -0.05) is 45.9 Å². The Morgan fingerprint density at radius 3 is 2.67 bits per heavy atom. The number of halogens is 1. The van der Waals surface area contributed by atoms with Crippen LogP contribution in [0.2, 0.25) is 0 Å². The molecule has 0 radical (unpaired) electrons. The SMILES string of the molecule is C=CCn1nc(SCC(=O)Nc2cc(OC)ccc2OC)nc1-c1ccc(Br)cc1. The van der Waals surface area contributed by atoms with Crippen LogP contribution in [0.5, 0.6) is 11.5 Å². The van der Waals surface area contributed by atoms with E-state index in [0.29, 0.717) is 28.9 Å². The first kappa shape index (κ1) is 21.9. The van der Waals surface area contributed by atoms with E-state index < -0.39 is 0 Å². The predicted molar refractivity (Wildman–Crippen MR) is 122 cm³/mol. The second kappa shape index (κ2) is 10.3. The number of allylic oxidation sites excluding steroid dienone is 1. The Morgan fingerprint density at radius 1 is 1.23 bits per heavy atom. The first-order valence-corrected chi connectivity index (χ1v) is 10.8. The number of benzene rings is 2. The minimum atomic E-state index is -0.197. The lowest BCUT2D eigenvalue weighted by Crippen LogP contribution is -2.15. The molecule has 2 aromatic carbocycles. The number of nitrogens with zero attached hydrogens (tertiary/aromatic N) is 3. The molecule has 0 bridgehead atoms. The maximum Gasteiger partial charge on any atom is 0.234 e. The van der Waals surface area contributed by atoms with Crippen molar-refractivity contribution < 1.29 is 14.3 Å². The highest BCUT2D eigenvalue weighted by Gasteiger charge is 2.15. The molecule has 0 spiro atoms. The molecule has 0 unspecified atom stereocenters. The molecule has 3 aromatic rings. The van der Waals surface area contributed by atoms with E-state index >= 15 is 0 Å². The number of anilines is 1. The lowest BCUT2D eigenvalue weighted by Gasteiger charge is -2.11. The zero-order chi connectivity index (χ0) is 21.5. The van der Waals surface area contributed by atoms with Crippen LogP contribution in [-0.2, 0) is 11.3 Å². The summed E-state index contributed by atoms with van der Waals surface area (Å²) in [6, 6.07) is 13.0. The molecule has 1 amide bonds. The average Bonchev–Trinajstić information content (AvgIpc) is 3.16. The monoisotopic (exact) mass is 488 g/mol. The molecule has 30 heavy (non-hydrogen) atoms. The summed E-state index contributed by atoms with van der Waals surface area (Å²) in [5.74, 6) is 1.86. The molecular weight excluding hydrogens is 468 g/mol. The van der Waals surface area contributed by atoms with Crippen LogP contribution < -0.4 is 14.8 Å². The van der Waals surface area contributed by atoms with Gasteiger partial charge in [0.05, 0.1) is 32.2 Å². The minimum absolute atomic E-state index is 0.151. The van der Waals surface area contributed by atoms with Gasteiger partial charge in [0.15, 0.2) is 5.82 Å². The van der Waals surface area contributed by atoms with Gasteiger partial charge >= 0.3 is 0 Å². The van der Waals surface area contributed by atoms with Crippen molar-refractivity contribution in [2.75, 3.05) is 25.3 Å². The Morgan fingerprint density at radius 2 is 2.00 bits per heavy atom. The summed E-state index contributed by atoms with van der Waals surface area (Å²) in [4.78, 5) is 17.1. The highest BCUT2D eigenvalue weighted by Crippen LogP contribution is 2.29. The van der Waals surface area contributed by atoms with Crippen LogP contribution in [0.15, 0.2) is 64.7 Å². The summed E-state index contributed by atoms with van der Waals surface area (Å²) < 4.78 is 13.3. The summed E-state index contributed by atoms with van der Waals surface area (Å²) in [6.07, 6.45) is 1.76. The van der Waals surface area contributed by atoms with Gasteiger partial charge in [-0.25, -0.2) is 9.67 Å². The topological polar surface area (TPSA) is 78.3 Å². The fourth-order valence-corrected chi connectivity index (χ4v) is 3.58. The molecule has 1 N–H and O–H groups in total. The molecule has 7 nitrogen and oxygen atoms in total. The molecule has 9 heteroatoms. The molecule has 3 rings (SSSR count). The second-order valence-electron chi connectivity index (χ2n) is 6.10. The number of carbonyl (C=O) groups is 1. The van der Waals surface area contributed by atoms with Crippen molar-refractivity contribution in [3.63, 3.8) is 0 Å². The number of aromatic nitrogens is 3. The standard InChI is InChI=1S/C21H21BrN4O3S/c1-4-11-26-20(14-5-7-15(22)8-6-14)24-21(25-26)30-13-19(27)23-17-12-16(28-2)9-10-18(17)29-3/h4-10,12H,1,11,13H2,2-3H3,(H,23,27). The number of rotatable bonds is 9. The Bertz CT molecular complexity index is 1040. The van der Waals surface area contributed by atoms with E-state index in [1.165, 1.54) is 11.8 Å². The van der Waals surface area contributed by atoms with Crippen LogP contribution in [0.4, 0.5) is 5.69 Å². The van der Waals surface area contributed by atoms with Crippen LogP contribution in [0.3, 0.4) is 0 Å². The molecule has 0 fully saturated rings. The first-order chi connectivity index (χ1) is 14.5. The van der Waals surface area contributed by atoms with E-state index in [2.05, 4.69) is 37.9 Å². The number of hydrogen-bond donors (Lipinski definition) is 1. The lowest BCUT2D eigenvalue weighted by atomic mass is 10.2. The van der Waals surface area contributed by atoms with Crippen LogP contribution in [0.1, 0.15) is 0 Å². The Balaban J connectivity index is 1.71. The maximum atomic E-state index is 12.5. The van der Waals surface area contributed by atoms with Gasteiger partial charge in [-0.2, -0.15) is 0 Å². The average molecular weight is 489 g/mol. The number of ether oxygens (including phenoxy) is 2. The van der Waals surface area contributed by atoms with Crippen molar-refractivity contribution >= 4 is 39.3 Å². The number of hydrogen-bond acceptors (Lipinski definition) is 6. The van der Waals surface area contributed by atoms with Gasteiger partial charge in [-0.15, -0.1) is 11.7 Å². The van der Waals surface area contributed by atoms with Crippen molar-refractivity contribution in [3.8, 4) is 22.9 Å². The smallest absolute Gasteiger partial charge is 0.234 e.